The third-order valence-corrected chi connectivity index (χ3v) is 18.9. The number of piperazine rings is 2. The van der Waals surface area contributed by atoms with Gasteiger partial charge in [0.05, 0.1) is 37.0 Å². The van der Waals surface area contributed by atoms with Crippen molar-refractivity contribution >= 4 is 45.5 Å². The number of carbonyl (C=O) groups excluding carboxylic acids is 2. The van der Waals surface area contributed by atoms with Crippen LogP contribution in [0.5, 0.6) is 0 Å². The summed E-state index contributed by atoms with van der Waals surface area (Å²) in [6, 6.07) is 22.6. The molecule has 0 saturated carbocycles. The molecule has 8 aromatic rings. The predicted molar refractivity (Wildman–Crippen MR) is 334 cm³/mol. The number of fused-ring (bicyclic) bond motifs is 8. The molecular formula is C68H80N12O4. The summed E-state index contributed by atoms with van der Waals surface area (Å²) in [5.74, 6) is 0.940. The summed E-state index contributed by atoms with van der Waals surface area (Å²) < 4.78 is 11.0. The van der Waals surface area contributed by atoms with Crippen LogP contribution in [0.2, 0.25) is 0 Å². The van der Waals surface area contributed by atoms with Gasteiger partial charge in [-0.2, -0.15) is 0 Å². The van der Waals surface area contributed by atoms with E-state index in [1.807, 2.05) is 86.8 Å². The Bertz CT molecular complexity index is 3560. The molecule has 10 heterocycles. The minimum Gasteiger partial charge on any atom is -0.381 e. The van der Waals surface area contributed by atoms with Gasteiger partial charge in [0.2, 0.25) is 0 Å². The molecule has 4 aromatic carbocycles. The number of aromatic nitrogens is 6. The molecule has 2 amide bonds. The number of amides is 2. The highest BCUT2D eigenvalue weighted by Crippen LogP contribution is 2.41. The molecule has 16 heteroatoms. The molecule has 0 unspecified atom stereocenters. The average molecular weight is 1130 g/mol. The fourth-order valence-electron chi connectivity index (χ4n) is 14.4. The minimum atomic E-state index is 0.0534. The van der Waals surface area contributed by atoms with Crippen LogP contribution in [-0.2, 0) is 22.3 Å². The fourth-order valence-corrected chi connectivity index (χ4v) is 14.4. The third kappa shape index (κ3) is 10.9. The van der Waals surface area contributed by atoms with E-state index in [4.69, 9.17) is 29.4 Å². The number of carbonyl (C=O) groups is 2. The zero-order valence-corrected chi connectivity index (χ0v) is 50.2. The van der Waals surface area contributed by atoms with Gasteiger partial charge in [0.15, 0.2) is 11.3 Å². The summed E-state index contributed by atoms with van der Waals surface area (Å²) in [5, 5.41) is 0. The summed E-state index contributed by atoms with van der Waals surface area (Å²) in [6.45, 7) is 19.7. The number of ether oxygens (including phenoxy) is 2. The summed E-state index contributed by atoms with van der Waals surface area (Å²) in [4.78, 5) is 66.7. The summed E-state index contributed by atoms with van der Waals surface area (Å²) in [6.07, 6.45) is 14.3. The average Bonchev–Trinajstić information content (AvgIpc) is 3.53. The number of hydrogen-bond acceptors (Lipinski definition) is 12. The summed E-state index contributed by atoms with van der Waals surface area (Å²) >= 11 is 0. The van der Waals surface area contributed by atoms with Gasteiger partial charge in [-0.1, -0.05) is 24.3 Å². The van der Waals surface area contributed by atoms with Crippen molar-refractivity contribution in [2.45, 2.75) is 78.3 Å². The number of H-pyrrole nitrogens is 2. The maximum absolute atomic E-state index is 13.2. The van der Waals surface area contributed by atoms with E-state index in [0.717, 1.165) is 194 Å². The molecule has 0 spiro atoms. The first kappa shape index (κ1) is 55.7. The van der Waals surface area contributed by atoms with Crippen molar-refractivity contribution in [2.75, 3.05) is 117 Å². The van der Waals surface area contributed by atoms with Gasteiger partial charge in [0.1, 0.15) is 11.0 Å². The van der Waals surface area contributed by atoms with Crippen molar-refractivity contribution in [1.29, 1.82) is 0 Å². The molecule has 4 fully saturated rings. The van der Waals surface area contributed by atoms with E-state index in [1.54, 1.807) is 0 Å². The first-order valence-corrected chi connectivity index (χ1v) is 30.5. The SMILES string of the molecule is Cc1cc(-c2c[nH]c3ncc(-c4cc(C)c5c(c4)CC[C@@H]4CN(C)CCN54)nc23)ccc1C(=O)N(C)C[C@@H]1CCOC1.Cc1cc(-c2c[nH]c3ncc(-c4cc(C)c5c(c4)CC[C@H]4CN(C)CCN54)nc23)ccc1C(=O)N(C)C[C@@H]1CCOC1. The van der Waals surface area contributed by atoms with E-state index < -0.39 is 0 Å². The number of likely N-dealkylation sites (N-methyl/N-ethyl adjacent to an activating group) is 2. The largest absolute Gasteiger partial charge is 0.381 e. The number of anilines is 2. The number of rotatable bonds is 10. The van der Waals surface area contributed by atoms with E-state index in [1.165, 1.54) is 46.5 Å². The van der Waals surface area contributed by atoms with Crippen LogP contribution in [0.25, 0.3) is 67.1 Å². The second-order valence-corrected chi connectivity index (χ2v) is 25.1. The second-order valence-electron chi connectivity index (χ2n) is 25.1. The number of aryl methyl sites for hydroxylation is 6. The highest BCUT2D eigenvalue weighted by atomic mass is 16.5. The van der Waals surface area contributed by atoms with E-state index in [2.05, 4.69) is 93.9 Å². The standard InChI is InChI=1S/2C34H40N6O2/c2*1-21-13-24(6-8-28(21)34(41)39(4)18-23-9-12-42-20-23)29-16-35-33-31(29)37-30(17-36-33)26-14-22(2)32-25(15-26)5-7-27-19-38(3)10-11-40(27)32/h2*6,8,13-17,23,27H,5,7,9-12,18-20H2,1-4H3,(H,35,36)/t23-,27+;23-,27-/m00/s1. The zero-order chi connectivity index (χ0) is 57.9. The highest BCUT2D eigenvalue weighted by Gasteiger charge is 2.34. The molecule has 0 bridgehead atoms. The molecular weight excluding hydrogens is 1050 g/mol. The molecule has 2 N–H and O–H groups in total. The molecule has 4 saturated heterocycles. The Kier molecular flexibility index (Phi) is 15.4. The zero-order valence-electron chi connectivity index (χ0n) is 50.2. The summed E-state index contributed by atoms with van der Waals surface area (Å²) in [5.41, 5.74) is 23.0. The van der Waals surface area contributed by atoms with Crippen molar-refractivity contribution in [2.24, 2.45) is 11.8 Å². The quantitative estimate of drug-likeness (QED) is 0.134. The molecule has 16 nitrogen and oxygen atoms in total. The molecule has 0 aliphatic carbocycles. The summed E-state index contributed by atoms with van der Waals surface area (Å²) in [7, 11) is 8.23. The molecule has 6 aliphatic heterocycles. The molecule has 436 valence electrons. The number of benzene rings is 4. The number of aromatic amines is 2. The lowest BCUT2D eigenvalue weighted by Gasteiger charge is -2.46. The molecule has 14 rings (SSSR count). The van der Waals surface area contributed by atoms with Crippen molar-refractivity contribution in [3.8, 4) is 44.8 Å². The number of nitrogens with one attached hydrogen (secondary N) is 2. The van der Waals surface area contributed by atoms with Crippen LogP contribution in [0.3, 0.4) is 0 Å². The molecule has 6 aliphatic rings. The lowest BCUT2D eigenvalue weighted by Crippen LogP contribution is -2.54. The van der Waals surface area contributed by atoms with E-state index in [9.17, 15) is 9.59 Å². The van der Waals surface area contributed by atoms with Crippen LogP contribution in [0.1, 0.15) is 79.8 Å². The van der Waals surface area contributed by atoms with Crippen molar-refractivity contribution in [1.82, 2.24) is 49.5 Å². The lowest BCUT2D eigenvalue weighted by atomic mass is 9.89. The Hall–Kier alpha value is -7.50. The Labute approximate surface area is 493 Å². The van der Waals surface area contributed by atoms with Gasteiger partial charge >= 0.3 is 0 Å². The minimum absolute atomic E-state index is 0.0534. The monoisotopic (exact) mass is 1130 g/mol. The second kappa shape index (κ2) is 23.2. The van der Waals surface area contributed by atoms with Crippen molar-refractivity contribution < 1.29 is 19.1 Å². The van der Waals surface area contributed by atoms with Gasteiger partial charge in [0, 0.05) is 161 Å². The molecule has 4 atom stereocenters. The Morgan fingerprint density at radius 1 is 0.560 bits per heavy atom. The Balaban J connectivity index is 0.000000157. The fraction of sp³-hybridized carbons (Fsp3) is 0.441. The van der Waals surface area contributed by atoms with Crippen LogP contribution in [0.4, 0.5) is 11.4 Å². The van der Waals surface area contributed by atoms with Crippen LogP contribution in [0.15, 0.2) is 85.5 Å². The maximum Gasteiger partial charge on any atom is 0.253 e. The molecule has 0 radical (unpaired) electrons. The van der Waals surface area contributed by atoms with E-state index in [0.29, 0.717) is 23.9 Å². The normalized spacial score (nSPS) is 20.5. The van der Waals surface area contributed by atoms with Gasteiger partial charge in [-0.3, -0.25) is 9.59 Å². The number of hydrogen-bond donors (Lipinski definition) is 2. The molecule has 84 heavy (non-hydrogen) atoms. The topological polar surface area (TPSA) is 155 Å². The van der Waals surface area contributed by atoms with Crippen LogP contribution in [-0.4, -0.2) is 180 Å². The maximum atomic E-state index is 13.2. The molecule has 4 aromatic heterocycles. The van der Waals surface area contributed by atoms with Crippen molar-refractivity contribution in [3.63, 3.8) is 0 Å². The van der Waals surface area contributed by atoms with Gasteiger partial charge in [-0.05, 0) is 161 Å². The first-order chi connectivity index (χ1) is 40.7. The van der Waals surface area contributed by atoms with Gasteiger partial charge in [-0.15, -0.1) is 0 Å². The van der Waals surface area contributed by atoms with Crippen LogP contribution >= 0.6 is 0 Å². The highest BCUT2D eigenvalue weighted by molar-refractivity contribution is 5.99. The van der Waals surface area contributed by atoms with Gasteiger partial charge in [-0.25, -0.2) is 19.9 Å². The Morgan fingerprint density at radius 3 is 1.39 bits per heavy atom. The number of nitrogens with zero attached hydrogens (tertiary/aromatic N) is 10. The third-order valence-electron chi connectivity index (χ3n) is 18.9. The van der Waals surface area contributed by atoms with E-state index >= 15 is 0 Å². The first-order valence-electron chi connectivity index (χ1n) is 30.5. The van der Waals surface area contributed by atoms with Crippen LogP contribution in [0, 0.1) is 39.5 Å². The lowest BCUT2D eigenvalue weighted by molar-refractivity contribution is 0.0758. The van der Waals surface area contributed by atoms with Gasteiger partial charge < -0.3 is 48.8 Å². The van der Waals surface area contributed by atoms with Gasteiger partial charge in [0.25, 0.3) is 11.8 Å². The predicted octanol–water partition coefficient (Wildman–Crippen LogP) is 10.2. The Morgan fingerprint density at radius 2 is 0.988 bits per heavy atom. The smallest absolute Gasteiger partial charge is 0.253 e. The van der Waals surface area contributed by atoms with Crippen molar-refractivity contribution in [3.05, 3.63) is 130 Å². The van der Waals surface area contributed by atoms with Crippen LogP contribution < -0.4 is 9.80 Å². The van der Waals surface area contributed by atoms with E-state index in [-0.39, 0.29) is 11.8 Å².